The first-order valence-corrected chi connectivity index (χ1v) is 10.6. The van der Waals surface area contributed by atoms with Crippen molar-refractivity contribution in [2.45, 2.75) is 66.0 Å². The molecule has 0 aliphatic heterocycles. The van der Waals surface area contributed by atoms with Gasteiger partial charge in [0.2, 0.25) is 0 Å². The van der Waals surface area contributed by atoms with Gasteiger partial charge in [-0.3, -0.25) is 10.1 Å². The molecule has 1 heterocycles. The maximum Gasteiger partial charge on any atom is 0.348 e. The number of rotatable bonds is 6. The summed E-state index contributed by atoms with van der Waals surface area (Å²) in [6.45, 7) is 8.68. The van der Waals surface area contributed by atoms with Gasteiger partial charge in [-0.25, -0.2) is 13.9 Å². The van der Waals surface area contributed by atoms with Gasteiger partial charge in [-0.2, -0.15) is 0 Å². The van der Waals surface area contributed by atoms with E-state index in [-0.39, 0.29) is 24.3 Å². The van der Waals surface area contributed by atoms with Gasteiger partial charge in [-0.15, -0.1) is 0 Å². The minimum atomic E-state index is -0.405. The zero-order chi connectivity index (χ0) is 21.3. The van der Waals surface area contributed by atoms with Crippen molar-refractivity contribution in [2.75, 3.05) is 0 Å². The molecule has 0 saturated heterocycles. The Bertz CT molecular complexity index is 918. The number of aromatic nitrogens is 2. The number of carbonyl (C=O) groups is 1. The van der Waals surface area contributed by atoms with Gasteiger partial charge >= 0.3 is 5.97 Å². The third kappa shape index (κ3) is 4.28. The van der Waals surface area contributed by atoms with Gasteiger partial charge in [0.25, 0.3) is 11.5 Å². The number of nitro benzene ring substituents is 1. The molecule has 7 heteroatoms. The number of ether oxygens (including phenoxy) is 1. The third-order valence-electron chi connectivity index (χ3n) is 6.37. The monoisotopic (exact) mass is 402 g/mol. The fraction of sp³-hybridized carbons (Fsp3) is 0.636. The van der Waals surface area contributed by atoms with Crippen LogP contribution in [0, 0.1) is 27.9 Å². The van der Waals surface area contributed by atoms with Crippen molar-refractivity contribution >= 4 is 22.7 Å². The van der Waals surface area contributed by atoms with Crippen molar-refractivity contribution in [3.05, 3.63) is 34.1 Å². The standard InChI is InChI=1S/C22H32N3O4/c1-6-21-23(5)18-10-8-16(25(27)28)12-19(18)24(21)13-22(26)29-20-11-15(4)7-9-17(20)14(2)3/h8,10,12,14-15,17,20H,6-7,9,11,13H2,1-5H3/q+1/t15-,17+,20?/m1/s1. The average Bonchev–Trinajstić information content (AvgIpc) is 2.92. The summed E-state index contributed by atoms with van der Waals surface area (Å²) >= 11 is 0. The fourth-order valence-electron chi connectivity index (χ4n) is 4.77. The van der Waals surface area contributed by atoms with E-state index in [1.807, 2.05) is 23.1 Å². The van der Waals surface area contributed by atoms with Gasteiger partial charge in [0.1, 0.15) is 6.10 Å². The maximum atomic E-state index is 12.9. The van der Waals surface area contributed by atoms with Crippen LogP contribution in [0.4, 0.5) is 5.69 Å². The summed E-state index contributed by atoms with van der Waals surface area (Å²) in [5.41, 5.74) is 1.58. The summed E-state index contributed by atoms with van der Waals surface area (Å²) in [6, 6.07) is 4.79. The van der Waals surface area contributed by atoms with Crippen LogP contribution < -0.4 is 4.57 Å². The predicted molar refractivity (Wildman–Crippen MR) is 110 cm³/mol. The summed E-state index contributed by atoms with van der Waals surface area (Å²) in [4.78, 5) is 23.7. The minimum absolute atomic E-state index is 0.0221. The Hall–Kier alpha value is -2.44. The molecule has 0 radical (unpaired) electrons. The summed E-state index contributed by atoms with van der Waals surface area (Å²) in [7, 11) is 1.92. The van der Waals surface area contributed by atoms with E-state index in [0.29, 0.717) is 29.7 Å². The number of hydrogen-bond donors (Lipinski definition) is 0. The van der Waals surface area contributed by atoms with Crippen LogP contribution in [0.25, 0.3) is 11.0 Å². The van der Waals surface area contributed by atoms with Gasteiger partial charge in [-0.05, 0) is 36.7 Å². The van der Waals surface area contributed by atoms with E-state index < -0.39 is 4.92 Å². The van der Waals surface area contributed by atoms with Crippen LogP contribution in [0.3, 0.4) is 0 Å². The molecule has 1 unspecified atom stereocenters. The van der Waals surface area contributed by atoms with Crippen LogP contribution in [-0.4, -0.2) is 21.6 Å². The molecule has 1 aromatic heterocycles. The molecule has 0 amide bonds. The SMILES string of the molecule is CCc1n(CC(=O)OC2C[C@H](C)CC[C@H]2C(C)C)c2cc([N+](=O)[O-])ccc2[n+]1C. The highest BCUT2D eigenvalue weighted by atomic mass is 16.6. The van der Waals surface area contributed by atoms with Crippen LogP contribution in [0.5, 0.6) is 0 Å². The Balaban J connectivity index is 1.89. The lowest BCUT2D eigenvalue weighted by Gasteiger charge is -2.36. The smallest absolute Gasteiger partial charge is 0.348 e. The lowest BCUT2D eigenvalue weighted by molar-refractivity contribution is -0.653. The number of nitrogens with zero attached hydrogens (tertiary/aromatic N) is 3. The van der Waals surface area contributed by atoms with E-state index >= 15 is 0 Å². The number of carbonyl (C=O) groups excluding carboxylic acids is 1. The number of fused-ring (bicyclic) bond motifs is 1. The van der Waals surface area contributed by atoms with Crippen molar-refractivity contribution in [3.8, 4) is 0 Å². The summed E-state index contributed by atoms with van der Waals surface area (Å²) < 4.78 is 9.83. The molecule has 7 nitrogen and oxygen atoms in total. The Labute approximate surface area is 171 Å². The molecular formula is C22H32N3O4+. The quantitative estimate of drug-likeness (QED) is 0.317. The van der Waals surface area contributed by atoms with Crippen LogP contribution in [-0.2, 0) is 29.5 Å². The van der Waals surface area contributed by atoms with Crippen molar-refractivity contribution in [1.29, 1.82) is 0 Å². The molecule has 3 atom stereocenters. The highest BCUT2D eigenvalue weighted by Gasteiger charge is 2.34. The van der Waals surface area contributed by atoms with Crippen LogP contribution in [0.15, 0.2) is 18.2 Å². The highest BCUT2D eigenvalue weighted by molar-refractivity contribution is 5.78. The topological polar surface area (TPSA) is 78.2 Å². The predicted octanol–water partition coefficient (Wildman–Crippen LogP) is 3.94. The Morgan fingerprint density at radius 1 is 1.38 bits per heavy atom. The lowest BCUT2D eigenvalue weighted by Crippen LogP contribution is -2.37. The van der Waals surface area contributed by atoms with E-state index in [9.17, 15) is 14.9 Å². The highest BCUT2D eigenvalue weighted by Crippen LogP contribution is 2.35. The number of hydrogen-bond acceptors (Lipinski definition) is 4. The largest absolute Gasteiger partial charge is 0.459 e. The number of benzene rings is 1. The van der Waals surface area contributed by atoms with Crippen LogP contribution in [0.2, 0.25) is 0 Å². The van der Waals surface area contributed by atoms with Gasteiger partial charge in [0.15, 0.2) is 17.6 Å². The lowest BCUT2D eigenvalue weighted by atomic mass is 9.75. The Morgan fingerprint density at radius 2 is 2.10 bits per heavy atom. The second kappa shape index (κ2) is 8.51. The second-order valence-electron chi connectivity index (χ2n) is 8.70. The molecule has 158 valence electrons. The number of non-ortho nitro benzene ring substituents is 1. The van der Waals surface area contributed by atoms with Gasteiger partial charge in [0, 0.05) is 12.5 Å². The zero-order valence-electron chi connectivity index (χ0n) is 18.1. The van der Waals surface area contributed by atoms with E-state index in [1.54, 1.807) is 12.1 Å². The van der Waals surface area contributed by atoms with Gasteiger partial charge in [0.05, 0.1) is 18.0 Å². The van der Waals surface area contributed by atoms with Crippen LogP contribution in [0.1, 0.15) is 52.8 Å². The summed E-state index contributed by atoms with van der Waals surface area (Å²) in [5, 5.41) is 11.2. The number of aryl methyl sites for hydroxylation is 1. The third-order valence-corrected chi connectivity index (χ3v) is 6.37. The number of nitro groups is 1. The summed E-state index contributed by atoms with van der Waals surface area (Å²) in [5.74, 6) is 2.09. The van der Waals surface area contributed by atoms with E-state index in [4.69, 9.17) is 4.74 Å². The van der Waals surface area contributed by atoms with Gasteiger partial charge in [-0.1, -0.05) is 34.1 Å². The molecule has 29 heavy (non-hydrogen) atoms. The average molecular weight is 403 g/mol. The van der Waals surface area contributed by atoms with E-state index in [1.165, 1.54) is 12.5 Å². The molecular weight excluding hydrogens is 370 g/mol. The van der Waals surface area contributed by atoms with Crippen molar-refractivity contribution in [2.24, 2.45) is 24.8 Å². The zero-order valence-corrected chi connectivity index (χ0v) is 18.1. The normalized spacial score (nSPS) is 22.2. The Kier molecular flexibility index (Phi) is 6.24. The molecule has 0 N–H and O–H groups in total. The van der Waals surface area contributed by atoms with E-state index in [2.05, 4.69) is 20.8 Å². The molecule has 3 rings (SSSR count). The maximum absolute atomic E-state index is 12.9. The molecule has 1 aromatic carbocycles. The van der Waals surface area contributed by atoms with Crippen molar-refractivity contribution < 1.29 is 19.0 Å². The van der Waals surface area contributed by atoms with Crippen molar-refractivity contribution in [1.82, 2.24) is 4.57 Å². The van der Waals surface area contributed by atoms with Crippen LogP contribution >= 0.6 is 0 Å². The number of esters is 1. The molecule has 0 bridgehead atoms. The second-order valence-corrected chi connectivity index (χ2v) is 8.70. The fourth-order valence-corrected chi connectivity index (χ4v) is 4.77. The molecule has 1 aliphatic carbocycles. The Morgan fingerprint density at radius 3 is 2.72 bits per heavy atom. The van der Waals surface area contributed by atoms with Crippen molar-refractivity contribution in [3.63, 3.8) is 0 Å². The number of imidazole rings is 1. The first kappa shape index (κ1) is 21.3. The van der Waals surface area contributed by atoms with E-state index in [0.717, 1.165) is 24.2 Å². The molecule has 0 spiro atoms. The molecule has 1 aliphatic rings. The molecule has 1 saturated carbocycles. The minimum Gasteiger partial charge on any atom is -0.459 e. The molecule has 1 fully saturated rings. The van der Waals surface area contributed by atoms with Gasteiger partial charge < -0.3 is 4.74 Å². The first-order valence-electron chi connectivity index (χ1n) is 10.6. The first-order chi connectivity index (χ1) is 13.7. The summed E-state index contributed by atoms with van der Waals surface area (Å²) in [6.07, 6.45) is 3.83. The molecule has 2 aromatic rings.